The van der Waals surface area contributed by atoms with E-state index in [-0.39, 0.29) is 24.3 Å². The van der Waals surface area contributed by atoms with Crippen LogP contribution in [0.4, 0.5) is 0 Å². The van der Waals surface area contributed by atoms with Gasteiger partial charge in [-0.2, -0.15) is 0 Å². The van der Waals surface area contributed by atoms with Crippen LogP contribution in [0.1, 0.15) is 50.8 Å². The van der Waals surface area contributed by atoms with Crippen LogP contribution in [0.3, 0.4) is 0 Å². The van der Waals surface area contributed by atoms with Crippen LogP contribution >= 0.6 is 0 Å². The van der Waals surface area contributed by atoms with Gasteiger partial charge < -0.3 is 39.5 Å². The maximum Gasteiger partial charge on any atom is 0.328 e. The van der Waals surface area contributed by atoms with Crippen LogP contribution in [0.5, 0.6) is 17.2 Å². The molecule has 0 bridgehead atoms. The minimum absolute atomic E-state index is 0.00475. The minimum atomic E-state index is -1.23. The molecule has 0 saturated heterocycles. The predicted molar refractivity (Wildman–Crippen MR) is 219 cm³/mol. The molecule has 316 valence electrons. The van der Waals surface area contributed by atoms with Crippen molar-refractivity contribution in [1.29, 1.82) is 0 Å². The number of phenolic OH excluding ortho intramolecular Hbond substituents is 2. The van der Waals surface area contributed by atoms with Gasteiger partial charge in [0.1, 0.15) is 41.4 Å². The predicted octanol–water partition coefficient (Wildman–Crippen LogP) is 3.99. The molecule has 14 heteroatoms. The summed E-state index contributed by atoms with van der Waals surface area (Å²) < 4.78 is 16.3. The molecule has 0 aromatic heterocycles. The van der Waals surface area contributed by atoms with E-state index in [0.717, 1.165) is 5.56 Å². The number of rotatable bonds is 20. The highest BCUT2D eigenvalue weighted by Gasteiger charge is 2.40. The first kappa shape index (κ1) is 46.8. The van der Waals surface area contributed by atoms with E-state index < -0.39 is 71.8 Å². The Balaban J connectivity index is 1.92. The van der Waals surface area contributed by atoms with E-state index in [1.807, 2.05) is 19.1 Å². The third-order valence-electron chi connectivity index (χ3n) is 10.5. The topological polar surface area (TPSA) is 175 Å². The molecule has 3 aromatic rings. The molecule has 0 aliphatic rings. The van der Waals surface area contributed by atoms with Gasteiger partial charge in [0.05, 0.1) is 14.2 Å². The molecule has 3 rings (SSSR count). The molecule has 0 spiro atoms. The lowest BCUT2D eigenvalue weighted by molar-refractivity contribution is -0.164. The Bertz CT molecular complexity index is 1820. The molecular weight excluding hydrogens is 745 g/mol. The third kappa shape index (κ3) is 12.7. The zero-order valence-corrected chi connectivity index (χ0v) is 35.3. The fourth-order valence-electron chi connectivity index (χ4n) is 6.43. The van der Waals surface area contributed by atoms with Gasteiger partial charge in [-0.15, -0.1) is 0 Å². The van der Waals surface area contributed by atoms with Crippen molar-refractivity contribution >= 4 is 29.7 Å². The Labute approximate surface area is 342 Å². The first-order valence-corrected chi connectivity index (χ1v) is 19.4. The Morgan fingerprint density at radius 3 is 1.52 bits per heavy atom. The largest absolute Gasteiger partial charge is 0.508 e. The van der Waals surface area contributed by atoms with E-state index in [9.17, 15) is 34.2 Å². The molecule has 0 radical (unpaired) electrons. The number of nitrogens with zero attached hydrogens (tertiary/aromatic N) is 3. The molecule has 0 unspecified atom stereocenters. The number of hydrogen-bond donors (Lipinski definition) is 3. The average molecular weight is 805 g/mol. The Morgan fingerprint density at radius 2 is 1.09 bits per heavy atom. The molecule has 0 fully saturated rings. The zero-order valence-electron chi connectivity index (χ0n) is 35.3. The summed E-state index contributed by atoms with van der Waals surface area (Å²) in [6, 6.07) is 15.6. The lowest BCUT2D eigenvalue weighted by Gasteiger charge is -2.36. The normalized spacial score (nSPS) is 14.3. The van der Waals surface area contributed by atoms with Crippen molar-refractivity contribution in [2.45, 2.75) is 83.6 Å². The Hall–Kier alpha value is -5.63. The van der Waals surface area contributed by atoms with Gasteiger partial charge in [0, 0.05) is 32.9 Å². The Kier molecular flexibility index (Phi) is 17.5. The summed E-state index contributed by atoms with van der Waals surface area (Å²) in [5, 5.41) is 22.6. The van der Waals surface area contributed by atoms with Gasteiger partial charge in [0.2, 0.25) is 11.8 Å². The standard InChI is InChI=1S/C44H60N4O10/c1-11-28(4)39(58-44(55)36(46(5)6)25-31-16-22-34(56-9)23-17-31)40(51)45-38(27(2)3)42(53)47(7)35(24-29-12-18-32(49)19-13-29)41(52)48(8)37(43(54)57-10)26-30-14-20-33(50)21-15-30/h12-23,27-28,35-39,49-50H,11,24-26H2,1-10H3,(H,45,51)/t28-,35-,36+,37-,38+,39-/m0/s1. The number of ether oxygens (including phenoxy) is 3. The highest BCUT2D eigenvalue weighted by atomic mass is 16.6. The number of nitrogens with one attached hydrogen (secondary N) is 1. The van der Waals surface area contributed by atoms with E-state index in [1.165, 1.54) is 55.3 Å². The molecule has 58 heavy (non-hydrogen) atoms. The third-order valence-corrected chi connectivity index (χ3v) is 10.5. The van der Waals surface area contributed by atoms with Crippen molar-refractivity contribution in [2.24, 2.45) is 11.8 Å². The maximum atomic E-state index is 14.5. The highest BCUT2D eigenvalue weighted by molar-refractivity contribution is 5.95. The van der Waals surface area contributed by atoms with Crippen LogP contribution in [0.15, 0.2) is 72.8 Å². The molecule has 0 saturated carbocycles. The first-order valence-electron chi connectivity index (χ1n) is 19.4. The van der Waals surface area contributed by atoms with Gasteiger partial charge in [-0.1, -0.05) is 64.1 Å². The number of phenols is 2. The fourth-order valence-corrected chi connectivity index (χ4v) is 6.43. The number of hydrogen-bond acceptors (Lipinski definition) is 11. The summed E-state index contributed by atoms with van der Waals surface area (Å²) in [5.74, 6) is -3.22. The van der Waals surface area contributed by atoms with Crippen molar-refractivity contribution in [3.8, 4) is 17.2 Å². The van der Waals surface area contributed by atoms with Gasteiger partial charge in [0.25, 0.3) is 5.91 Å². The van der Waals surface area contributed by atoms with E-state index in [0.29, 0.717) is 29.7 Å². The maximum absolute atomic E-state index is 14.5. The summed E-state index contributed by atoms with van der Waals surface area (Å²) in [4.78, 5) is 74.2. The smallest absolute Gasteiger partial charge is 0.328 e. The van der Waals surface area contributed by atoms with E-state index >= 15 is 0 Å². The van der Waals surface area contributed by atoms with E-state index in [2.05, 4.69) is 5.32 Å². The molecule has 0 aliphatic carbocycles. The molecule has 3 aromatic carbocycles. The monoisotopic (exact) mass is 804 g/mol. The second-order valence-electron chi connectivity index (χ2n) is 15.2. The second-order valence-corrected chi connectivity index (χ2v) is 15.2. The van der Waals surface area contributed by atoms with Crippen LogP contribution < -0.4 is 10.1 Å². The van der Waals surface area contributed by atoms with Crippen molar-refractivity contribution in [1.82, 2.24) is 20.0 Å². The van der Waals surface area contributed by atoms with Crippen molar-refractivity contribution in [3.05, 3.63) is 89.5 Å². The van der Waals surface area contributed by atoms with Gasteiger partial charge in [-0.25, -0.2) is 4.79 Å². The number of likely N-dealkylation sites (N-methyl/N-ethyl adjacent to an activating group) is 3. The quantitative estimate of drug-likeness (QED) is 0.141. The summed E-state index contributed by atoms with van der Waals surface area (Å²) in [6.07, 6.45) is -0.341. The zero-order chi connectivity index (χ0) is 43.3. The second kappa shape index (κ2) is 21.8. The molecule has 0 aliphatic heterocycles. The summed E-state index contributed by atoms with van der Waals surface area (Å²) in [7, 11) is 9.21. The number of methoxy groups -OCH3 is 2. The molecule has 14 nitrogen and oxygen atoms in total. The fraction of sp³-hybridized carbons (Fsp3) is 0.477. The number of aromatic hydroxyl groups is 2. The molecule has 3 amide bonds. The van der Waals surface area contributed by atoms with Crippen LogP contribution in [0.25, 0.3) is 0 Å². The van der Waals surface area contributed by atoms with Gasteiger partial charge in [-0.05, 0) is 85.9 Å². The number of esters is 2. The van der Waals surface area contributed by atoms with Gasteiger partial charge in [-0.3, -0.25) is 24.1 Å². The van der Waals surface area contributed by atoms with E-state index in [1.54, 1.807) is 83.3 Å². The number of amides is 3. The minimum Gasteiger partial charge on any atom is -0.508 e. The molecule has 0 heterocycles. The van der Waals surface area contributed by atoms with Crippen LogP contribution in [0, 0.1) is 11.8 Å². The lowest BCUT2D eigenvalue weighted by atomic mass is 9.96. The van der Waals surface area contributed by atoms with Gasteiger partial charge in [0.15, 0.2) is 6.10 Å². The summed E-state index contributed by atoms with van der Waals surface area (Å²) in [5.41, 5.74) is 2.15. The molecule has 6 atom stereocenters. The van der Waals surface area contributed by atoms with Gasteiger partial charge >= 0.3 is 11.9 Å². The first-order chi connectivity index (χ1) is 27.4. The van der Waals surface area contributed by atoms with Crippen molar-refractivity contribution in [2.75, 3.05) is 42.4 Å². The van der Waals surface area contributed by atoms with Crippen LogP contribution in [0.2, 0.25) is 0 Å². The SMILES string of the molecule is CC[C@H](C)[C@H](OC(=O)[C@@H](Cc1ccc(OC)cc1)N(C)C)C(=O)N[C@@H](C(=O)N(C)[C@@H](Cc1ccc(O)cc1)C(=O)N(C)[C@@H](Cc1ccc(O)cc1)C(=O)OC)C(C)C. The summed E-state index contributed by atoms with van der Waals surface area (Å²) >= 11 is 0. The Morgan fingerprint density at radius 1 is 0.638 bits per heavy atom. The highest BCUT2D eigenvalue weighted by Crippen LogP contribution is 2.22. The molecule has 3 N–H and O–H groups in total. The van der Waals surface area contributed by atoms with Crippen LogP contribution in [-0.4, -0.2) is 127 Å². The van der Waals surface area contributed by atoms with Crippen molar-refractivity contribution < 1.29 is 48.4 Å². The van der Waals surface area contributed by atoms with E-state index in [4.69, 9.17) is 14.2 Å². The number of carbonyl (C=O) groups is 5. The molecular formula is C44H60N4O10. The van der Waals surface area contributed by atoms with Crippen molar-refractivity contribution in [3.63, 3.8) is 0 Å². The van der Waals surface area contributed by atoms with Crippen LogP contribution in [-0.2, 0) is 52.7 Å². The lowest BCUT2D eigenvalue weighted by Crippen LogP contribution is -2.59. The number of carbonyl (C=O) groups excluding carboxylic acids is 5. The summed E-state index contributed by atoms with van der Waals surface area (Å²) in [6.45, 7) is 7.18. The number of benzene rings is 3. The average Bonchev–Trinajstić information content (AvgIpc) is 3.21.